The van der Waals surface area contributed by atoms with Gasteiger partial charge in [-0.2, -0.15) is 5.10 Å². The normalized spacial score (nSPS) is 25.0. The number of anilines is 1. The third-order valence-electron chi connectivity index (χ3n) is 6.98. The van der Waals surface area contributed by atoms with Crippen LogP contribution in [0.5, 0.6) is 5.75 Å². The molecule has 4 heterocycles. The molecule has 0 spiro atoms. The first-order chi connectivity index (χ1) is 15.3. The highest BCUT2D eigenvalue weighted by atomic mass is 35.5. The van der Waals surface area contributed by atoms with Crippen LogP contribution in [0.2, 0.25) is 5.02 Å². The minimum atomic E-state index is -0.408. The van der Waals surface area contributed by atoms with Crippen molar-refractivity contribution in [3.63, 3.8) is 0 Å². The van der Waals surface area contributed by atoms with Crippen LogP contribution in [-0.4, -0.2) is 73.7 Å². The predicted molar refractivity (Wildman–Crippen MR) is 120 cm³/mol. The molecule has 2 fully saturated rings. The van der Waals surface area contributed by atoms with Crippen LogP contribution in [0.3, 0.4) is 0 Å². The maximum Gasteiger partial charge on any atom is 0.321 e. The number of H-pyrrole nitrogens is 1. The number of nitrogens with zero attached hydrogens (tertiary/aromatic N) is 4. The number of phenolic OH excluding ortho intramolecular Hbond substituents is 1. The molecule has 3 aliphatic rings. The number of urea groups is 1. The van der Waals surface area contributed by atoms with Crippen molar-refractivity contribution >= 4 is 29.4 Å². The van der Waals surface area contributed by atoms with E-state index in [9.17, 15) is 14.7 Å². The molecule has 0 aliphatic carbocycles. The topological polar surface area (TPSA) is 105 Å². The molecule has 5 rings (SSSR count). The molecule has 3 aliphatic heterocycles. The van der Waals surface area contributed by atoms with Crippen LogP contribution in [0.1, 0.15) is 54.3 Å². The second-order valence-electron chi connectivity index (χ2n) is 8.96. The molecule has 170 valence electrons. The van der Waals surface area contributed by atoms with E-state index in [1.807, 2.05) is 16.7 Å². The molecular formula is C22H27ClN6O3. The number of hydrogen-bond acceptors (Lipinski definition) is 5. The smallest absolute Gasteiger partial charge is 0.321 e. The number of fused-ring (bicyclic) bond motifs is 2. The average molecular weight is 459 g/mol. The highest BCUT2D eigenvalue weighted by Crippen LogP contribution is 2.37. The Labute approximate surface area is 191 Å². The summed E-state index contributed by atoms with van der Waals surface area (Å²) in [5.74, 6) is -0.168. The summed E-state index contributed by atoms with van der Waals surface area (Å²) in [4.78, 5) is 32.5. The fourth-order valence-electron chi connectivity index (χ4n) is 5.14. The van der Waals surface area contributed by atoms with Gasteiger partial charge in [0.2, 0.25) is 0 Å². The molecule has 32 heavy (non-hydrogen) atoms. The summed E-state index contributed by atoms with van der Waals surface area (Å²) in [7, 11) is 0. The number of aromatic hydroxyl groups is 1. The van der Waals surface area contributed by atoms with E-state index in [-0.39, 0.29) is 34.5 Å². The number of benzene rings is 1. The summed E-state index contributed by atoms with van der Waals surface area (Å²) in [6.07, 6.45) is 2.34. The Morgan fingerprint density at radius 1 is 1.25 bits per heavy atom. The van der Waals surface area contributed by atoms with E-state index < -0.39 is 5.91 Å². The summed E-state index contributed by atoms with van der Waals surface area (Å²) in [5.41, 5.74) is 1.91. The highest BCUT2D eigenvalue weighted by molar-refractivity contribution is 6.32. The third kappa shape index (κ3) is 3.49. The summed E-state index contributed by atoms with van der Waals surface area (Å²) in [5, 5.41) is 20.0. The molecule has 3 N–H and O–H groups in total. The standard InChI is InChI=1S/C22H27ClN6O3/c1-12-9-27-7-3-4-15(27)10-28(12)22(32)29-11-16-19(13(29)2)25-26-20(16)24-21(31)14-5-6-17(23)18(30)8-14/h5-6,8,12-13,15,30H,3-4,7,9-11H2,1-2H3,(H2,24,25,26,31)/t12-,13?,15-/m0/s1. The number of aromatic amines is 1. The molecule has 9 nitrogen and oxygen atoms in total. The Hall–Kier alpha value is -2.78. The van der Waals surface area contributed by atoms with Crippen molar-refractivity contribution in [2.75, 3.05) is 25.0 Å². The maximum atomic E-state index is 13.5. The Bertz CT molecular complexity index is 1070. The Morgan fingerprint density at radius 3 is 2.84 bits per heavy atom. The number of carbonyl (C=O) groups excluding carboxylic acids is 2. The molecule has 0 bridgehead atoms. The monoisotopic (exact) mass is 458 g/mol. The molecule has 2 aromatic rings. The minimum Gasteiger partial charge on any atom is -0.506 e. The van der Waals surface area contributed by atoms with Crippen molar-refractivity contribution < 1.29 is 14.7 Å². The third-order valence-corrected chi connectivity index (χ3v) is 7.30. The van der Waals surface area contributed by atoms with Crippen molar-refractivity contribution in [1.29, 1.82) is 0 Å². The van der Waals surface area contributed by atoms with Crippen LogP contribution in [0, 0.1) is 0 Å². The number of halogens is 1. The average Bonchev–Trinajstić information content (AvgIpc) is 3.46. The van der Waals surface area contributed by atoms with Crippen LogP contribution in [0.15, 0.2) is 18.2 Å². The van der Waals surface area contributed by atoms with Crippen LogP contribution in [0.25, 0.3) is 0 Å². The molecule has 3 atom stereocenters. The van der Waals surface area contributed by atoms with Crippen molar-refractivity contribution in [3.8, 4) is 5.75 Å². The van der Waals surface area contributed by atoms with Gasteiger partial charge in [-0.25, -0.2) is 4.79 Å². The van der Waals surface area contributed by atoms with E-state index in [1.165, 1.54) is 24.6 Å². The van der Waals surface area contributed by atoms with Crippen molar-refractivity contribution in [1.82, 2.24) is 24.9 Å². The highest BCUT2D eigenvalue weighted by Gasteiger charge is 2.42. The zero-order chi connectivity index (χ0) is 22.6. The molecule has 0 radical (unpaired) electrons. The van der Waals surface area contributed by atoms with Crippen molar-refractivity contribution in [2.45, 2.75) is 51.4 Å². The molecule has 1 aromatic heterocycles. The van der Waals surface area contributed by atoms with Gasteiger partial charge >= 0.3 is 6.03 Å². The first kappa shape index (κ1) is 21.1. The van der Waals surface area contributed by atoms with Gasteiger partial charge in [0.25, 0.3) is 5.91 Å². The zero-order valence-corrected chi connectivity index (χ0v) is 18.9. The van der Waals surface area contributed by atoms with Gasteiger partial charge in [-0.05, 0) is 51.4 Å². The lowest BCUT2D eigenvalue weighted by Crippen LogP contribution is -2.59. The van der Waals surface area contributed by atoms with E-state index in [0.29, 0.717) is 18.4 Å². The Balaban J connectivity index is 1.31. The molecule has 1 aromatic carbocycles. The van der Waals surface area contributed by atoms with E-state index >= 15 is 0 Å². The summed E-state index contributed by atoms with van der Waals surface area (Å²) in [6.45, 7) is 7.27. The Morgan fingerprint density at radius 2 is 2.06 bits per heavy atom. The SMILES string of the molecule is CC1c2[nH]nc(NC(=O)c3ccc(Cl)c(O)c3)c2CN1C(=O)N1C[C@@H]2CCCN2C[C@@H]1C. The van der Waals surface area contributed by atoms with Crippen LogP contribution >= 0.6 is 11.6 Å². The number of phenols is 1. The second-order valence-corrected chi connectivity index (χ2v) is 9.37. The fourth-order valence-corrected chi connectivity index (χ4v) is 5.25. The van der Waals surface area contributed by atoms with Gasteiger partial charge in [0.05, 0.1) is 23.3 Å². The molecule has 0 saturated carbocycles. The van der Waals surface area contributed by atoms with Gasteiger partial charge in [-0.3, -0.25) is 14.8 Å². The van der Waals surface area contributed by atoms with Crippen molar-refractivity contribution in [2.24, 2.45) is 0 Å². The molecular weight excluding hydrogens is 432 g/mol. The van der Waals surface area contributed by atoms with Crippen LogP contribution in [-0.2, 0) is 6.54 Å². The van der Waals surface area contributed by atoms with Gasteiger partial charge in [0, 0.05) is 36.3 Å². The zero-order valence-electron chi connectivity index (χ0n) is 18.1. The van der Waals surface area contributed by atoms with Gasteiger partial charge in [0.15, 0.2) is 5.82 Å². The lowest BCUT2D eigenvalue weighted by atomic mass is 10.1. The van der Waals surface area contributed by atoms with Crippen LogP contribution in [0.4, 0.5) is 10.6 Å². The number of amides is 3. The minimum absolute atomic E-state index is 0.0288. The van der Waals surface area contributed by atoms with Gasteiger partial charge < -0.3 is 20.2 Å². The van der Waals surface area contributed by atoms with Gasteiger partial charge in [-0.1, -0.05) is 11.6 Å². The summed E-state index contributed by atoms with van der Waals surface area (Å²) in [6, 6.07) is 4.80. The van der Waals surface area contributed by atoms with E-state index in [0.717, 1.165) is 37.3 Å². The summed E-state index contributed by atoms with van der Waals surface area (Å²) >= 11 is 5.83. The van der Waals surface area contributed by atoms with Crippen LogP contribution < -0.4 is 5.32 Å². The number of carbonyl (C=O) groups is 2. The predicted octanol–water partition coefficient (Wildman–Crippen LogP) is 3.19. The van der Waals surface area contributed by atoms with Gasteiger partial charge in [0.1, 0.15) is 5.75 Å². The van der Waals surface area contributed by atoms with E-state index in [1.54, 1.807) is 0 Å². The number of hydrogen-bond donors (Lipinski definition) is 3. The summed E-state index contributed by atoms with van der Waals surface area (Å²) < 4.78 is 0. The Kier molecular flexibility index (Phi) is 5.25. The van der Waals surface area contributed by atoms with E-state index in [2.05, 4.69) is 27.3 Å². The lowest BCUT2D eigenvalue weighted by Gasteiger charge is -2.44. The molecule has 3 amide bonds. The molecule has 1 unspecified atom stereocenters. The maximum absolute atomic E-state index is 13.5. The molecule has 10 heteroatoms. The van der Waals surface area contributed by atoms with E-state index in [4.69, 9.17) is 11.6 Å². The number of nitrogens with one attached hydrogen (secondary N) is 2. The number of aromatic nitrogens is 2. The first-order valence-corrected chi connectivity index (χ1v) is 11.4. The van der Waals surface area contributed by atoms with Crippen molar-refractivity contribution in [3.05, 3.63) is 40.0 Å². The second kappa shape index (κ2) is 7.97. The fraction of sp³-hybridized carbons (Fsp3) is 0.500. The lowest BCUT2D eigenvalue weighted by molar-refractivity contribution is 0.0580. The molecule has 2 saturated heterocycles. The quantitative estimate of drug-likeness (QED) is 0.641. The largest absolute Gasteiger partial charge is 0.506 e. The number of piperazine rings is 1. The van der Waals surface area contributed by atoms with Gasteiger partial charge in [-0.15, -0.1) is 0 Å². The number of rotatable bonds is 2. The first-order valence-electron chi connectivity index (χ1n) is 11.0.